The highest BCUT2D eigenvalue weighted by Crippen LogP contribution is 2.28. The number of guanidine groups is 1. The first-order valence-electron chi connectivity index (χ1n) is 5.31. The molecule has 0 bridgehead atoms. The zero-order valence-electron chi connectivity index (χ0n) is 10.3. The van der Waals surface area contributed by atoms with Crippen LogP contribution in [-0.4, -0.2) is 26.2 Å². The topological polar surface area (TPSA) is 71.7 Å². The molecule has 0 spiro atoms. The van der Waals surface area contributed by atoms with E-state index in [-0.39, 0.29) is 0 Å². The molecule has 0 fully saturated rings. The summed E-state index contributed by atoms with van der Waals surface area (Å²) in [4.78, 5) is 4.16. The molecule has 1 aromatic carbocycles. The molecule has 0 heterocycles. The fraction of sp³-hybridized carbons (Fsp3) is 0.364. The summed E-state index contributed by atoms with van der Waals surface area (Å²) in [6, 6.07) is 3.50. The first kappa shape index (κ1) is 15.0. The van der Waals surface area contributed by atoms with Crippen molar-refractivity contribution in [1.29, 1.82) is 0 Å². The third-order valence-corrected chi connectivity index (χ3v) is 2.92. The Morgan fingerprint density at radius 2 is 2.11 bits per heavy atom. The molecule has 0 aliphatic carbocycles. The lowest BCUT2D eigenvalue weighted by molar-refractivity contribution is 0.208. The first-order valence-corrected chi connectivity index (χ1v) is 6.06. The molecule has 18 heavy (non-hydrogen) atoms. The van der Waals surface area contributed by atoms with Gasteiger partial charge in [-0.2, -0.15) is 0 Å². The van der Waals surface area contributed by atoms with Gasteiger partial charge in [-0.25, -0.2) is 10.8 Å². The van der Waals surface area contributed by atoms with Gasteiger partial charge in [-0.3, -0.25) is 5.43 Å². The average Bonchev–Trinajstić information content (AvgIpc) is 2.34. The van der Waals surface area contributed by atoms with Crippen LogP contribution in [0, 0.1) is 6.92 Å². The molecule has 5 nitrogen and oxygen atoms in total. The zero-order valence-corrected chi connectivity index (χ0v) is 11.8. The Hall–Kier alpha value is -1.01. The third kappa shape index (κ3) is 4.34. The Bertz CT molecular complexity index is 437. The van der Waals surface area contributed by atoms with Crippen molar-refractivity contribution in [3.05, 3.63) is 27.7 Å². The maximum Gasteiger partial charge on any atom is 0.210 e. The maximum atomic E-state index is 6.09. The van der Waals surface area contributed by atoms with Gasteiger partial charge in [-0.05, 0) is 24.6 Å². The number of aliphatic imine (C=N–C) groups is 1. The summed E-state index contributed by atoms with van der Waals surface area (Å²) in [5.41, 5.74) is 4.00. The van der Waals surface area contributed by atoms with E-state index in [9.17, 15) is 0 Å². The molecule has 0 radical (unpaired) electrons. The molecular formula is C11H16Cl2N4O. The monoisotopic (exact) mass is 290 g/mol. The van der Waals surface area contributed by atoms with E-state index in [0.717, 1.165) is 5.56 Å². The lowest BCUT2D eigenvalue weighted by Crippen LogP contribution is -2.36. The van der Waals surface area contributed by atoms with Gasteiger partial charge >= 0.3 is 0 Å². The van der Waals surface area contributed by atoms with E-state index in [1.165, 1.54) is 0 Å². The number of hydrazine groups is 1. The van der Waals surface area contributed by atoms with E-state index >= 15 is 0 Å². The van der Waals surface area contributed by atoms with Crippen molar-refractivity contribution in [2.75, 3.05) is 25.6 Å². The summed E-state index contributed by atoms with van der Waals surface area (Å²) in [7, 11) is 1.61. The molecule has 0 saturated heterocycles. The number of nitrogens with one attached hydrogen (secondary N) is 2. The molecule has 100 valence electrons. The molecule has 0 aliphatic heterocycles. The van der Waals surface area contributed by atoms with Crippen molar-refractivity contribution in [3.63, 3.8) is 0 Å². The van der Waals surface area contributed by atoms with Crippen LogP contribution >= 0.6 is 23.2 Å². The molecule has 1 rings (SSSR count). The lowest BCUT2D eigenvalue weighted by Gasteiger charge is -2.12. The van der Waals surface area contributed by atoms with Gasteiger partial charge in [0.1, 0.15) is 0 Å². The van der Waals surface area contributed by atoms with Crippen LogP contribution in [0.15, 0.2) is 17.1 Å². The molecule has 1 aromatic rings. The van der Waals surface area contributed by atoms with Crippen LogP contribution in [0.2, 0.25) is 10.0 Å². The number of hydrogen-bond donors (Lipinski definition) is 3. The highest BCUT2D eigenvalue weighted by molar-refractivity contribution is 6.36. The van der Waals surface area contributed by atoms with Crippen molar-refractivity contribution in [1.82, 2.24) is 5.43 Å². The summed E-state index contributed by atoms with van der Waals surface area (Å²) >= 11 is 12.1. The molecule has 7 heteroatoms. The number of methoxy groups -OCH3 is 1. The van der Waals surface area contributed by atoms with Gasteiger partial charge < -0.3 is 10.1 Å². The van der Waals surface area contributed by atoms with Crippen molar-refractivity contribution in [2.24, 2.45) is 10.8 Å². The fourth-order valence-corrected chi connectivity index (χ4v) is 1.67. The number of benzene rings is 1. The van der Waals surface area contributed by atoms with Crippen LogP contribution in [0.4, 0.5) is 5.69 Å². The molecule has 4 N–H and O–H groups in total. The van der Waals surface area contributed by atoms with Gasteiger partial charge in [0.05, 0.1) is 23.9 Å². The Balaban J connectivity index is 2.81. The molecule has 0 atom stereocenters. The average molecular weight is 291 g/mol. The number of anilines is 1. The summed E-state index contributed by atoms with van der Waals surface area (Å²) in [5.74, 6) is 5.76. The van der Waals surface area contributed by atoms with Gasteiger partial charge in [0.2, 0.25) is 5.96 Å². The highest BCUT2D eigenvalue weighted by atomic mass is 35.5. The van der Waals surface area contributed by atoms with Gasteiger partial charge in [0.25, 0.3) is 0 Å². The van der Waals surface area contributed by atoms with Gasteiger partial charge in [-0.1, -0.05) is 23.2 Å². The Labute approximate surface area is 116 Å². The zero-order chi connectivity index (χ0) is 13.5. The number of hydrogen-bond acceptors (Lipinski definition) is 3. The summed E-state index contributed by atoms with van der Waals surface area (Å²) in [5, 5.41) is 4.13. The molecule has 0 amide bonds. The summed E-state index contributed by atoms with van der Waals surface area (Å²) in [6.07, 6.45) is 0. The number of halogens is 2. The SMILES string of the molecule is COCCN=C(NN)Nc1cc(Cl)c(C)cc1Cl. The summed E-state index contributed by atoms with van der Waals surface area (Å²) in [6.45, 7) is 2.88. The molecule has 0 aromatic heterocycles. The van der Waals surface area contributed by atoms with E-state index in [1.807, 2.05) is 6.92 Å². The minimum atomic E-state index is 0.397. The Morgan fingerprint density at radius 3 is 2.72 bits per heavy atom. The Kier molecular flexibility index (Phi) is 6.21. The normalized spacial score (nSPS) is 11.5. The van der Waals surface area contributed by atoms with Crippen LogP contribution < -0.4 is 16.6 Å². The largest absolute Gasteiger partial charge is 0.383 e. The van der Waals surface area contributed by atoms with Crippen LogP contribution in [0.25, 0.3) is 0 Å². The Morgan fingerprint density at radius 1 is 1.39 bits per heavy atom. The van der Waals surface area contributed by atoms with Crippen LogP contribution in [0.3, 0.4) is 0 Å². The molecule has 0 aliphatic rings. The lowest BCUT2D eigenvalue weighted by atomic mass is 10.2. The third-order valence-electron chi connectivity index (χ3n) is 2.20. The van der Waals surface area contributed by atoms with Crippen molar-refractivity contribution in [2.45, 2.75) is 6.92 Å². The smallest absolute Gasteiger partial charge is 0.210 e. The van der Waals surface area contributed by atoms with E-state index in [0.29, 0.717) is 34.8 Å². The predicted molar refractivity (Wildman–Crippen MR) is 76.3 cm³/mol. The molecule has 0 saturated carbocycles. The van der Waals surface area contributed by atoms with E-state index in [1.54, 1.807) is 19.2 Å². The highest BCUT2D eigenvalue weighted by Gasteiger charge is 2.06. The molecular weight excluding hydrogens is 275 g/mol. The van der Waals surface area contributed by atoms with Crippen molar-refractivity contribution >= 4 is 34.8 Å². The van der Waals surface area contributed by atoms with E-state index in [2.05, 4.69) is 15.7 Å². The predicted octanol–water partition coefficient (Wildman–Crippen LogP) is 2.18. The minimum Gasteiger partial charge on any atom is -0.383 e. The van der Waals surface area contributed by atoms with E-state index < -0.39 is 0 Å². The quantitative estimate of drug-likeness (QED) is 0.261. The van der Waals surface area contributed by atoms with Crippen molar-refractivity contribution in [3.8, 4) is 0 Å². The fourth-order valence-electron chi connectivity index (χ4n) is 1.24. The summed E-state index contributed by atoms with van der Waals surface area (Å²) < 4.78 is 4.89. The number of rotatable bonds is 4. The second-order valence-electron chi connectivity index (χ2n) is 3.57. The van der Waals surface area contributed by atoms with Gasteiger partial charge in [-0.15, -0.1) is 0 Å². The van der Waals surface area contributed by atoms with Crippen molar-refractivity contribution < 1.29 is 4.74 Å². The maximum absolute atomic E-state index is 6.09. The van der Waals surface area contributed by atoms with Crippen LogP contribution in [0.5, 0.6) is 0 Å². The number of ether oxygens (including phenoxy) is 1. The number of nitrogens with two attached hydrogens (primary N) is 1. The second kappa shape index (κ2) is 7.43. The van der Waals surface area contributed by atoms with E-state index in [4.69, 9.17) is 33.8 Å². The first-order chi connectivity index (χ1) is 8.58. The number of aryl methyl sites for hydroxylation is 1. The minimum absolute atomic E-state index is 0.397. The van der Waals surface area contributed by atoms with Gasteiger partial charge in [0.15, 0.2) is 0 Å². The van der Waals surface area contributed by atoms with Crippen LogP contribution in [-0.2, 0) is 4.74 Å². The van der Waals surface area contributed by atoms with Gasteiger partial charge in [0, 0.05) is 12.1 Å². The number of nitrogens with zero attached hydrogens (tertiary/aromatic N) is 1. The molecule has 0 unspecified atom stereocenters. The standard InChI is InChI=1S/C11H16Cl2N4O/c1-7-5-9(13)10(6-8(7)12)16-11(17-14)15-3-4-18-2/h5-6H,3-4,14H2,1-2H3,(H2,15,16,17). The second-order valence-corrected chi connectivity index (χ2v) is 4.39. The van der Waals surface area contributed by atoms with Crippen LogP contribution in [0.1, 0.15) is 5.56 Å².